The molecule has 0 aromatic carbocycles. The average Bonchev–Trinajstić information content (AvgIpc) is 3.41. The van der Waals surface area contributed by atoms with Gasteiger partial charge in [0.05, 0.1) is 61.4 Å². The quantitative estimate of drug-likeness (QED) is 0.0667. The molecule has 26 atom stereocenters. The summed E-state index contributed by atoms with van der Waals surface area (Å²) in [6.07, 6.45) is 36.0. The molecule has 10 rings (SSSR count). The highest BCUT2D eigenvalue weighted by Gasteiger charge is 2.54. The largest absolute Gasteiger partial charge is 0.393 e. The number of fused-ring (bicyclic) bond motifs is 2. The molecule has 10 nitrogen and oxygen atoms in total. The molecule has 10 heteroatoms. The van der Waals surface area contributed by atoms with E-state index < -0.39 is 0 Å². The van der Waals surface area contributed by atoms with E-state index in [1.165, 1.54) is 154 Å². The summed E-state index contributed by atoms with van der Waals surface area (Å²) in [4.78, 5) is 0. The van der Waals surface area contributed by atoms with Crippen molar-refractivity contribution in [3.63, 3.8) is 0 Å². The van der Waals surface area contributed by atoms with Gasteiger partial charge >= 0.3 is 0 Å². The van der Waals surface area contributed by atoms with Crippen molar-refractivity contribution in [3.05, 3.63) is 0 Å². The second-order valence-electron chi connectivity index (χ2n) is 30.0. The Kier molecular flexibility index (Phi) is 21.1. The Bertz CT molecular complexity index is 1550. The van der Waals surface area contributed by atoms with Crippen LogP contribution in [0.1, 0.15) is 235 Å². The summed E-state index contributed by atoms with van der Waals surface area (Å²) in [7, 11) is 0. The number of ether oxygens (including phenoxy) is 2. The third-order valence-corrected chi connectivity index (χ3v) is 24.4. The minimum absolute atomic E-state index is 0.145. The van der Waals surface area contributed by atoms with Crippen LogP contribution >= 0.6 is 0 Å². The van der Waals surface area contributed by atoms with Crippen molar-refractivity contribution in [2.45, 2.75) is 297 Å². The number of nitrogens with one attached hydrogen (secondary N) is 6. The zero-order chi connectivity index (χ0) is 53.0. The lowest BCUT2D eigenvalue weighted by atomic mass is 9.61. The number of aliphatic hydroxyl groups is 2. The molecule has 8 aliphatic carbocycles. The highest BCUT2D eigenvalue weighted by Crippen LogP contribution is 2.50. The fraction of sp³-hybridized carbons (Fsp3) is 1.00. The van der Waals surface area contributed by atoms with Gasteiger partial charge in [-0.1, -0.05) is 132 Å². The van der Waals surface area contributed by atoms with E-state index in [-0.39, 0.29) is 48.6 Å². The predicted octanol–water partition coefficient (Wildman–Crippen LogP) is 12.3. The van der Waals surface area contributed by atoms with Gasteiger partial charge in [-0.25, -0.2) is 0 Å². The van der Waals surface area contributed by atoms with E-state index >= 15 is 0 Å². The summed E-state index contributed by atoms with van der Waals surface area (Å²) >= 11 is 0. The molecule has 2 heterocycles. The van der Waals surface area contributed by atoms with Gasteiger partial charge in [-0.3, -0.25) is 31.9 Å². The molecule has 2 aliphatic heterocycles. The molecular weight excluding hydrogens is 941 g/mol. The van der Waals surface area contributed by atoms with Crippen molar-refractivity contribution < 1.29 is 19.7 Å². The Morgan fingerprint density at radius 3 is 0.882 bits per heavy atom. The number of rotatable bonds is 17. The first-order chi connectivity index (χ1) is 36.8. The number of hydrogen-bond donors (Lipinski definition) is 8. The summed E-state index contributed by atoms with van der Waals surface area (Å²) in [6.45, 7) is 21.5. The molecular formula is C66H120N6O4. The monoisotopic (exact) mass is 1060 g/mol. The van der Waals surface area contributed by atoms with Gasteiger partial charge in [0.2, 0.25) is 0 Å². The van der Waals surface area contributed by atoms with Crippen LogP contribution in [0.25, 0.3) is 0 Å². The Balaban J connectivity index is 0.669. The molecule has 438 valence electrons. The molecule has 0 radical (unpaired) electrons. The topological polar surface area (TPSA) is 131 Å². The van der Waals surface area contributed by atoms with E-state index in [9.17, 15) is 10.2 Å². The highest BCUT2D eigenvalue weighted by molar-refractivity contribution is 5.06. The maximum atomic E-state index is 12.3. The van der Waals surface area contributed by atoms with Crippen LogP contribution in [0.4, 0.5) is 0 Å². The van der Waals surface area contributed by atoms with Crippen molar-refractivity contribution in [1.29, 1.82) is 0 Å². The van der Waals surface area contributed by atoms with Gasteiger partial charge < -0.3 is 19.7 Å². The molecule has 76 heavy (non-hydrogen) atoms. The van der Waals surface area contributed by atoms with Crippen LogP contribution in [0.2, 0.25) is 0 Å². The van der Waals surface area contributed by atoms with Crippen molar-refractivity contribution in [3.8, 4) is 0 Å². The maximum Gasteiger partial charge on any atom is 0.0652 e. The highest BCUT2D eigenvalue weighted by atomic mass is 16.5. The second kappa shape index (κ2) is 27.3. The summed E-state index contributed by atoms with van der Waals surface area (Å²) < 4.78 is 13.7. The molecule has 8 saturated carbocycles. The van der Waals surface area contributed by atoms with Crippen molar-refractivity contribution >= 4 is 0 Å². The molecule has 0 spiro atoms. The third kappa shape index (κ3) is 14.0. The molecule has 0 bridgehead atoms. The molecule has 0 amide bonds. The lowest BCUT2D eigenvalue weighted by Crippen LogP contribution is -2.75. The standard InChI is InChI=1S/C66H120N6O4/c1-39-23-27-47(43(5)33-39)61-67-62(48-28-24-40(2)34-44(48)6)70-65(69-61)59-53-21-15-13-19-51(53)57(37-55(59)73)75-31-17-11-9-10-12-18-32-76-58-38-56(74)60(54-22-16-14-20-52(54)58)66-71-63(49-29-25-41(3)35-45(49)7)68-64(72-66)50-30-26-42(4)36-46(50)8/h39-74H,9-38H2,1-8H3. The minimum Gasteiger partial charge on any atom is -0.393 e. The Hall–Kier alpha value is -0.400. The van der Waals surface area contributed by atoms with Crippen molar-refractivity contribution in [2.75, 3.05) is 13.2 Å². The Morgan fingerprint density at radius 1 is 0.303 bits per heavy atom. The summed E-state index contributed by atoms with van der Waals surface area (Å²) in [6, 6.07) is 0. The zero-order valence-electron chi connectivity index (χ0n) is 50.1. The number of aliphatic hydroxyl groups excluding tert-OH is 2. The van der Waals surface area contributed by atoms with Gasteiger partial charge in [0.25, 0.3) is 0 Å². The van der Waals surface area contributed by atoms with E-state index in [4.69, 9.17) is 9.47 Å². The summed E-state index contributed by atoms with van der Waals surface area (Å²) in [5, 5.41) is 49.8. The third-order valence-electron chi connectivity index (χ3n) is 24.4. The van der Waals surface area contributed by atoms with Crippen LogP contribution in [-0.2, 0) is 9.47 Å². The Labute approximate surface area is 466 Å². The smallest absolute Gasteiger partial charge is 0.0652 e. The van der Waals surface area contributed by atoms with E-state index in [0.717, 1.165) is 62.6 Å². The van der Waals surface area contributed by atoms with Crippen molar-refractivity contribution in [1.82, 2.24) is 31.9 Å². The lowest BCUT2D eigenvalue weighted by Gasteiger charge is -2.55. The van der Waals surface area contributed by atoms with Crippen LogP contribution in [0.3, 0.4) is 0 Å². The SMILES string of the molecule is CC1CCC(C2NC(C3CCC(C)CC3C)NC(C3C(O)CC(OCCCCCCCCOC4CC(O)C(C5NC(C6CCC(C)CC6C)NC(C6CCC(C)CC6C)N5)C5CCCCC45)C4CCCCC43)N2)C(C)C1. The van der Waals surface area contributed by atoms with E-state index in [1.54, 1.807) is 0 Å². The van der Waals surface area contributed by atoms with Crippen molar-refractivity contribution in [2.24, 2.45) is 107 Å². The molecule has 0 aromatic rings. The van der Waals surface area contributed by atoms with Gasteiger partial charge in [0.1, 0.15) is 0 Å². The minimum atomic E-state index is -0.340. The predicted molar refractivity (Wildman–Crippen MR) is 311 cm³/mol. The Morgan fingerprint density at radius 2 is 0.579 bits per heavy atom. The number of unbranched alkanes of at least 4 members (excludes halogenated alkanes) is 5. The van der Waals surface area contributed by atoms with Crippen LogP contribution in [0, 0.1) is 107 Å². The van der Waals surface area contributed by atoms with Gasteiger partial charge in [-0.15, -0.1) is 0 Å². The van der Waals surface area contributed by atoms with E-state index in [0.29, 0.717) is 95.7 Å². The first-order valence-corrected chi connectivity index (χ1v) is 33.9. The normalized spacial score (nSPS) is 50.6. The van der Waals surface area contributed by atoms with Gasteiger partial charge in [0, 0.05) is 37.9 Å². The molecule has 2 saturated heterocycles. The first-order valence-electron chi connectivity index (χ1n) is 33.9. The maximum absolute atomic E-state index is 12.3. The molecule has 10 fully saturated rings. The fourth-order valence-corrected chi connectivity index (χ4v) is 20.3. The van der Waals surface area contributed by atoms with E-state index in [1.807, 2.05) is 0 Å². The summed E-state index contributed by atoms with van der Waals surface area (Å²) in [5.41, 5.74) is 0. The fourth-order valence-electron chi connectivity index (χ4n) is 20.3. The lowest BCUT2D eigenvalue weighted by molar-refractivity contribution is -0.134. The second-order valence-corrected chi connectivity index (χ2v) is 30.0. The van der Waals surface area contributed by atoms with Crippen LogP contribution in [0.15, 0.2) is 0 Å². The van der Waals surface area contributed by atoms with E-state index in [2.05, 4.69) is 87.3 Å². The summed E-state index contributed by atoms with van der Waals surface area (Å²) in [5.74, 6) is 11.3. The average molecular weight is 1060 g/mol. The molecule has 10 aliphatic rings. The zero-order valence-corrected chi connectivity index (χ0v) is 50.1. The molecule has 26 unspecified atom stereocenters. The number of hydrogen-bond acceptors (Lipinski definition) is 10. The molecule has 0 aromatic heterocycles. The first kappa shape index (κ1) is 58.8. The van der Waals surface area contributed by atoms with Crippen LogP contribution in [0.5, 0.6) is 0 Å². The van der Waals surface area contributed by atoms with Crippen LogP contribution in [-0.4, -0.2) is 84.8 Å². The molecule has 8 N–H and O–H groups in total. The van der Waals surface area contributed by atoms with Gasteiger partial charge in [-0.2, -0.15) is 0 Å². The van der Waals surface area contributed by atoms with Gasteiger partial charge in [-0.05, 0) is 185 Å². The van der Waals surface area contributed by atoms with Crippen LogP contribution < -0.4 is 31.9 Å². The van der Waals surface area contributed by atoms with Gasteiger partial charge in [0.15, 0.2) is 0 Å².